The summed E-state index contributed by atoms with van der Waals surface area (Å²) in [5, 5.41) is 8.89. The molecule has 2 N–H and O–H groups in total. The fraction of sp³-hybridized carbons (Fsp3) is 0.900. The minimum Gasteiger partial charge on any atom is -0.550 e. The van der Waals surface area contributed by atoms with Crippen molar-refractivity contribution in [3.05, 3.63) is 0 Å². The Morgan fingerprint density at radius 3 is 1.14 bits per heavy atom. The van der Waals surface area contributed by atoms with Gasteiger partial charge in [-0.3, -0.25) is 0 Å². The zero-order valence-electron chi connectivity index (χ0n) is 10.1. The molecule has 0 aromatic heterocycles. The number of hydrogen-bond acceptors (Lipinski definition) is 2. The molecule has 0 fully saturated rings. The molecule has 0 heterocycles. The SMILES string of the molecule is CC(=O)[O-].CC[N+](CC)(CC)CC.O. The van der Waals surface area contributed by atoms with Crippen molar-refractivity contribution in [1.29, 1.82) is 0 Å². The van der Waals surface area contributed by atoms with Gasteiger partial charge < -0.3 is 19.9 Å². The molecule has 0 spiro atoms. The summed E-state index contributed by atoms with van der Waals surface area (Å²) in [6.07, 6.45) is 0. The molecule has 0 bridgehead atoms. The Balaban J connectivity index is -0.000000209. The largest absolute Gasteiger partial charge is 0.550 e. The van der Waals surface area contributed by atoms with E-state index in [0.29, 0.717) is 0 Å². The molecule has 0 rings (SSSR count). The summed E-state index contributed by atoms with van der Waals surface area (Å²) < 4.78 is 1.28. The molecule has 14 heavy (non-hydrogen) atoms. The first-order valence-electron chi connectivity index (χ1n) is 5.00. The molecule has 4 nitrogen and oxygen atoms in total. The van der Waals surface area contributed by atoms with E-state index in [4.69, 9.17) is 9.90 Å². The van der Waals surface area contributed by atoms with Gasteiger partial charge in [-0.1, -0.05) is 0 Å². The molecule has 0 aliphatic carbocycles. The molecule has 4 heteroatoms. The predicted octanol–water partition coefficient (Wildman–Crippen LogP) is -0.186. The number of nitrogens with zero attached hydrogens (tertiary/aromatic N) is 1. The number of carboxylic acids is 1. The third kappa shape index (κ3) is 9.48. The van der Waals surface area contributed by atoms with Gasteiger partial charge in [0.2, 0.25) is 0 Å². The Labute approximate surface area is 87.4 Å². The van der Waals surface area contributed by atoms with Crippen LogP contribution in [-0.2, 0) is 4.79 Å². The first-order chi connectivity index (χ1) is 5.97. The Morgan fingerprint density at radius 1 is 1.00 bits per heavy atom. The standard InChI is InChI=1S/C8H20N.C2H4O2.H2O/c1-5-9(6-2,7-3)8-4;1-2(3)4;/h5-8H2,1-4H3;1H3,(H,3,4);1H2/q+1;;/p-1. The van der Waals surface area contributed by atoms with Crippen molar-refractivity contribution in [1.82, 2.24) is 0 Å². The number of rotatable bonds is 4. The van der Waals surface area contributed by atoms with Crippen LogP contribution in [0.1, 0.15) is 34.6 Å². The van der Waals surface area contributed by atoms with Crippen LogP contribution < -0.4 is 5.11 Å². The van der Waals surface area contributed by atoms with E-state index in [2.05, 4.69) is 27.7 Å². The second-order valence-electron chi connectivity index (χ2n) is 3.10. The lowest BCUT2D eigenvalue weighted by molar-refractivity contribution is -0.921. The molecule has 0 aliphatic rings. The van der Waals surface area contributed by atoms with Crippen LogP contribution in [0.4, 0.5) is 0 Å². The smallest absolute Gasteiger partial charge is 0.0757 e. The maximum absolute atomic E-state index is 8.89. The van der Waals surface area contributed by atoms with Crippen molar-refractivity contribution in [3.8, 4) is 0 Å². The molecular formula is C10H25NO3. The van der Waals surface area contributed by atoms with Crippen molar-refractivity contribution in [3.63, 3.8) is 0 Å². The van der Waals surface area contributed by atoms with Crippen molar-refractivity contribution in [2.24, 2.45) is 0 Å². The van der Waals surface area contributed by atoms with E-state index in [1.165, 1.54) is 30.7 Å². The molecular weight excluding hydrogens is 182 g/mol. The zero-order chi connectivity index (χ0) is 10.9. The fourth-order valence-corrected chi connectivity index (χ4v) is 1.34. The lowest BCUT2D eigenvalue weighted by Crippen LogP contribution is -2.47. The number of quaternary nitrogens is 1. The predicted molar refractivity (Wildman–Crippen MR) is 56.7 cm³/mol. The number of hydrogen-bond donors (Lipinski definition) is 0. The van der Waals surface area contributed by atoms with Gasteiger partial charge in [-0.2, -0.15) is 0 Å². The van der Waals surface area contributed by atoms with Gasteiger partial charge in [-0.15, -0.1) is 0 Å². The molecule has 0 aliphatic heterocycles. The lowest BCUT2D eigenvalue weighted by atomic mass is 10.3. The molecule has 0 amide bonds. The Hall–Kier alpha value is -0.610. The summed E-state index contributed by atoms with van der Waals surface area (Å²) in [6.45, 7) is 15.2. The van der Waals surface area contributed by atoms with E-state index >= 15 is 0 Å². The van der Waals surface area contributed by atoms with E-state index < -0.39 is 5.97 Å². The highest BCUT2D eigenvalue weighted by atomic mass is 16.4. The van der Waals surface area contributed by atoms with E-state index in [1.54, 1.807) is 0 Å². The van der Waals surface area contributed by atoms with Gasteiger partial charge in [-0.05, 0) is 34.6 Å². The van der Waals surface area contributed by atoms with Crippen LogP contribution >= 0.6 is 0 Å². The quantitative estimate of drug-likeness (QED) is 0.600. The van der Waals surface area contributed by atoms with Gasteiger partial charge in [0.1, 0.15) is 0 Å². The molecule has 0 radical (unpaired) electrons. The number of aliphatic carboxylic acids is 1. The molecule has 0 aromatic carbocycles. The summed E-state index contributed by atoms with van der Waals surface area (Å²) in [6, 6.07) is 0. The van der Waals surface area contributed by atoms with Crippen LogP contribution in [0.15, 0.2) is 0 Å². The average molecular weight is 207 g/mol. The molecule has 88 valence electrons. The maximum atomic E-state index is 8.89. The van der Waals surface area contributed by atoms with Crippen LogP contribution in [0.5, 0.6) is 0 Å². The number of carboxylic acid groups (broad SMARTS) is 1. The minimum absolute atomic E-state index is 0. The summed E-state index contributed by atoms with van der Waals surface area (Å²) >= 11 is 0. The average Bonchev–Trinajstić information content (AvgIpc) is 2.09. The van der Waals surface area contributed by atoms with E-state index in [9.17, 15) is 0 Å². The first-order valence-corrected chi connectivity index (χ1v) is 5.00. The second kappa shape index (κ2) is 10.5. The highest BCUT2D eigenvalue weighted by Crippen LogP contribution is 2.03. The third-order valence-electron chi connectivity index (χ3n) is 2.68. The molecule has 0 aromatic rings. The number of carbonyl (C=O) groups is 1. The van der Waals surface area contributed by atoms with Gasteiger partial charge in [0.25, 0.3) is 0 Å². The Morgan fingerprint density at radius 2 is 1.14 bits per heavy atom. The summed E-state index contributed by atoms with van der Waals surface area (Å²) in [5.74, 6) is -1.08. The minimum atomic E-state index is -1.08. The van der Waals surface area contributed by atoms with Crippen LogP contribution in [0, 0.1) is 0 Å². The second-order valence-corrected chi connectivity index (χ2v) is 3.10. The molecule has 0 unspecified atom stereocenters. The maximum Gasteiger partial charge on any atom is 0.0757 e. The van der Waals surface area contributed by atoms with Crippen molar-refractivity contribution >= 4 is 5.97 Å². The van der Waals surface area contributed by atoms with Gasteiger partial charge >= 0.3 is 0 Å². The van der Waals surface area contributed by atoms with Crippen molar-refractivity contribution < 1.29 is 19.9 Å². The van der Waals surface area contributed by atoms with E-state index in [-0.39, 0.29) is 5.48 Å². The molecule has 0 saturated carbocycles. The van der Waals surface area contributed by atoms with Crippen LogP contribution in [0.25, 0.3) is 0 Å². The van der Waals surface area contributed by atoms with E-state index in [1.807, 2.05) is 0 Å². The van der Waals surface area contributed by atoms with Crippen LogP contribution in [0.3, 0.4) is 0 Å². The summed E-state index contributed by atoms with van der Waals surface area (Å²) in [5.41, 5.74) is 0. The highest BCUT2D eigenvalue weighted by molar-refractivity contribution is 5.60. The van der Waals surface area contributed by atoms with E-state index in [0.717, 1.165) is 6.92 Å². The molecule has 0 atom stereocenters. The highest BCUT2D eigenvalue weighted by Gasteiger charge is 2.16. The fourth-order valence-electron chi connectivity index (χ4n) is 1.34. The third-order valence-corrected chi connectivity index (χ3v) is 2.68. The monoisotopic (exact) mass is 207 g/mol. The molecule has 0 saturated heterocycles. The zero-order valence-corrected chi connectivity index (χ0v) is 10.1. The normalized spacial score (nSPS) is 9.50. The Kier molecular flexibility index (Phi) is 14.2. The van der Waals surface area contributed by atoms with Gasteiger partial charge in [0.05, 0.1) is 26.2 Å². The van der Waals surface area contributed by atoms with Crippen molar-refractivity contribution in [2.45, 2.75) is 34.6 Å². The van der Waals surface area contributed by atoms with Gasteiger partial charge in [0.15, 0.2) is 0 Å². The van der Waals surface area contributed by atoms with Crippen LogP contribution in [-0.4, -0.2) is 42.1 Å². The van der Waals surface area contributed by atoms with Crippen LogP contribution in [0.2, 0.25) is 0 Å². The summed E-state index contributed by atoms with van der Waals surface area (Å²) in [7, 11) is 0. The number of carbonyl (C=O) groups excluding carboxylic acids is 1. The Bertz CT molecular complexity index is 112. The van der Waals surface area contributed by atoms with Gasteiger partial charge in [0, 0.05) is 5.97 Å². The van der Waals surface area contributed by atoms with Crippen molar-refractivity contribution in [2.75, 3.05) is 26.2 Å². The topological polar surface area (TPSA) is 71.6 Å². The van der Waals surface area contributed by atoms with Gasteiger partial charge in [-0.25, -0.2) is 0 Å². The lowest BCUT2D eigenvalue weighted by Gasteiger charge is -2.34. The first kappa shape index (κ1) is 19.0. The summed E-state index contributed by atoms with van der Waals surface area (Å²) in [4.78, 5) is 8.89.